The molecule has 0 radical (unpaired) electrons. The van der Waals surface area contributed by atoms with E-state index in [2.05, 4.69) is 72.8 Å². The molecule has 0 aliphatic carbocycles. The second kappa shape index (κ2) is 13.7. The standard InChI is InChI=1S/C29H34NO4S/c1-4-33-28(31)22-30(3)23(2)29(32)34-21-11-12-24-17-19-27(20-18-24)35(25-13-7-5-8-14-25)26-15-9-6-10-16-26/h5-10,13-20,23H,4,11-12,21-22H2,1-3H3/q+1. The van der Waals surface area contributed by atoms with Crippen LogP contribution in [0.25, 0.3) is 0 Å². The van der Waals surface area contributed by atoms with Gasteiger partial charge in [0.25, 0.3) is 0 Å². The summed E-state index contributed by atoms with van der Waals surface area (Å²) in [6.45, 7) is 4.22. The summed E-state index contributed by atoms with van der Waals surface area (Å²) < 4.78 is 10.4. The van der Waals surface area contributed by atoms with Crippen LogP contribution in [0.2, 0.25) is 0 Å². The largest absolute Gasteiger partial charge is 0.465 e. The topological polar surface area (TPSA) is 55.8 Å². The molecule has 0 aromatic heterocycles. The smallest absolute Gasteiger partial charge is 0.323 e. The number of hydrogen-bond acceptors (Lipinski definition) is 5. The molecule has 3 aromatic carbocycles. The third-order valence-corrected chi connectivity index (χ3v) is 7.89. The van der Waals surface area contributed by atoms with Crippen molar-refractivity contribution in [1.29, 1.82) is 0 Å². The van der Waals surface area contributed by atoms with Gasteiger partial charge < -0.3 is 9.47 Å². The van der Waals surface area contributed by atoms with Gasteiger partial charge in [-0.3, -0.25) is 14.5 Å². The first-order valence-electron chi connectivity index (χ1n) is 12.0. The maximum atomic E-state index is 12.3. The molecular weight excluding hydrogens is 458 g/mol. The Hall–Kier alpha value is -3.09. The molecule has 1 atom stereocenters. The van der Waals surface area contributed by atoms with Crippen LogP contribution >= 0.6 is 0 Å². The highest BCUT2D eigenvalue weighted by Gasteiger charge is 2.28. The molecule has 0 aliphatic heterocycles. The molecule has 3 aromatic rings. The van der Waals surface area contributed by atoms with Gasteiger partial charge in [0.1, 0.15) is 6.04 Å². The number of benzene rings is 3. The van der Waals surface area contributed by atoms with Gasteiger partial charge in [0, 0.05) is 0 Å². The van der Waals surface area contributed by atoms with E-state index in [9.17, 15) is 9.59 Å². The Morgan fingerprint density at radius 2 is 1.37 bits per heavy atom. The first-order valence-corrected chi connectivity index (χ1v) is 13.2. The fourth-order valence-corrected chi connectivity index (χ4v) is 5.69. The lowest BCUT2D eigenvalue weighted by Crippen LogP contribution is -2.40. The fourth-order valence-electron chi connectivity index (χ4n) is 3.61. The first kappa shape index (κ1) is 26.5. The van der Waals surface area contributed by atoms with Gasteiger partial charge in [0.05, 0.1) is 30.7 Å². The molecule has 0 amide bonds. The highest BCUT2D eigenvalue weighted by atomic mass is 32.2. The zero-order valence-electron chi connectivity index (χ0n) is 20.7. The third kappa shape index (κ3) is 7.98. The molecule has 0 aliphatic rings. The van der Waals surface area contributed by atoms with Crippen LogP contribution in [0.15, 0.2) is 99.6 Å². The summed E-state index contributed by atoms with van der Waals surface area (Å²) in [6.07, 6.45) is 1.56. The summed E-state index contributed by atoms with van der Waals surface area (Å²) in [5, 5.41) is 0. The summed E-state index contributed by atoms with van der Waals surface area (Å²) in [7, 11) is 1.55. The van der Waals surface area contributed by atoms with Crippen LogP contribution in [0.3, 0.4) is 0 Å². The third-order valence-electron chi connectivity index (χ3n) is 5.66. The molecule has 0 bridgehead atoms. The average Bonchev–Trinajstić information content (AvgIpc) is 2.88. The van der Waals surface area contributed by atoms with Crippen molar-refractivity contribution in [2.75, 3.05) is 26.8 Å². The molecule has 1 unspecified atom stereocenters. The van der Waals surface area contributed by atoms with Gasteiger partial charge in [0.2, 0.25) is 0 Å². The van der Waals surface area contributed by atoms with E-state index in [1.165, 1.54) is 20.2 Å². The lowest BCUT2D eigenvalue weighted by molar-refractivity contribution is -0.151. The van der Waals surface area contributed by atoms with Crippen molar-refractivity contribution in [3.63, 3.8) is 0 Å². The Bertz CT molecular complexity index is 1020. The fraction of sp³-hybridized carbons (Fsp3) is 0.310. The number of hydrogen-bond donors (Lipinski definition) is 0. The van der Waals surface area contributed by atoms with Crippen molar-refractivity contribution in [2.45, 2.75) is 47.4 Å². The molecule has 35 heavy (non-hydrogen) atoms. The van der Waals surface area contributed by atoms with E-state index in [0.717, 1.165) is 12.8 Å². The van der Waals surface area contributed by atoms with Crippen LogP contribution in [0.4, 0.5) is 0 Å². The lowest BCUT2D eigenvalue weighted by atomic mass is 10.1. The van der Waals surface area contributed by atoms with Crippen molar-refractivity contribution in [3.8, 4) is 0 Å². The molecule has 0 fully saturated rings. The Morgan fingerprint density at radius 3 is 1.91 bits per heavy atom. The van der Waals surface area contributed by atoms with Crippen LogP contribution < -0.4 is 0 Å². The number of nitrogens with zero attached hydrogens (tertiary/aromatic N) is 1. The van der Waals surface area contributed by atoms with E-state index in [4.69, 9.17) is 9.47 Å². The quantitative estimate of drug-likeness (QED) is 0.199. The number of aryl methyl sites for hydroxylation is 1. The lowest BCUT2D eigenvalue weighted by Gasteiger charge is -2.22. The van der Waals surface area contributed by atoms with Gasteiger partial charge in [0.15, 0.2) is 14.7 Å². The molecule has 3 rings (SSSR count). The number of likely N-dealkylation sites (N-methyl/N-ethyl adjacent to an activating group) is 1. The van der Waals surface area contributed by atoms with Gasteiger partial charge in [-0.15, -0.1) is 0 Å². The number of esters is 2. The molecule has 5 nitrogen and oxygen atoms in total. The Kier molecular flexibility index (Phi) is 10.4. The van der Waals surface area contributed by atoms with E-state index in [1.807, 2.05) is 12.1 Å². The Labute approximate surface area is 211 Å². The molecular formula is C29H34NO4S+. The van der Waals surface area contributed by atoms with Crippen molar-refractivity contribution in [2.24, 2.45) is 0 Å². The first-order chi connectivity index (χ1) is 17.0. The van der Waals surface area contributed by atoms with Gasteiger partial charge in [-0.1, -0.05) is 48.5 Å². The summed E-state index contributed by atoms with van der Waals surface area (Å²) in [4.78, 5) is 29.4. The minimum atomic E-state index is -0.507. The molecule has 6 heteroatoms. The maximum absolute atomic E-state index is 12.3. The average molecular weight is 493 g/mol. The van der Waals surface area contributed by atoms with Crippen LogP contribution in [0, 0.1) is 0 Å². The highest BCUT2D eigenvalue weighted by molar-refractivity contribution is 7.97. The van der Waals surface area contributed by atoms with Crippen molar-refractivity contribution >= 4 is 22.8 Å². The molecule has 184 valence electrons. The number of ether oxygens (including phenoxy) is 2. The van der Waals surface area contributed by atoms with Gasteiger partial charge in [-0.25, -0.2) is 0 Å². The number of carbonyl (C=O) groups is 2. The molecule has 0 spiro atoms. The van der Waals surface area contributed by atoms with E-state index in [0.29, 0.717) is 13.2 Å². The normalized spacial score (nSPS) is 11.9. The number of rotatable bonds is 12. The number of carbonyl (C=O) groups excluding carboxylic acids is 2. The van der Waals surface area contributed by atoms with Crippen LogP contribution in [0.1, 0.15) is 25.8 Å². The van der Waals surface area contributed by atoms with Crippen molar-refractivity contribution in [1.82, 2.24) is 4.90 Å². The van der Waals surface area contributed by atoms with E-state index >= 15 is 0 Å². The van der Waals surface area contributed by atoms with Crippen molar-refractivity contribution in [3.05, 3.63) is 90.5 Å². The van der Waals surface area contributed by atoms with Crippen LogP contribution in [-0.2, 0) is 36.4 Å². The highest BCUT2D eigenvalue weighted by Crippen LogP contribution is 2.31. The zero-order valence-corrected chi connectivity index (χ0v) is 21.5. The predicted octanol–water partition coefficient (Wildman–Crippen LogP) is 5.14. The molecule has 0 saturated carbocycles. The predicted molar refractivity (Wildman–Crippen MR) is 139 cm³/mol. The summed E-state index contributed by atoms with van der Waals surface area (Å²) in [5.74, 6) is -0.678. The summed E-state index contributed by atoms with van der Waals surface area (Å²) >= 11 is 0. The van der Waals surface area contributed by atoms with Gasteiger partial charge in [-0.05, 0) is 75.7 Å². The minimum Gasteiger partial charge on any atom is -0.465 e. The van der Waals surface area contributed by atoms with Gasteiger partial charge in [-0.2, -0.15) is 0 Å². The molecule has 0 saturated heterocycles. The minimum absolute atomic E-state index is 0.0596. The van der Waals surface area contributed by atoms with Gasteiger partial charge >= 0.3 is 11.9 Å². The Morgan fingerprint density at radius 1 is 0.829 bits per heavy atom. The summed E-state index contributed by atoms with van der Waals surface area (Å²) in [5.41, 5.74) is 1.21. The SMILES string of the molecule is CCOC(=O)CN(C)C(C)C(=O)OCCCc1ccc([S+](c2ccccc2)c2ccccc2)cc1. The second-order valence-corrected chi connectivity index (χ2v) is 10.3. The van der Waals surface area contributed by atoms with Crippen LogP contribution in [-0.4, -0.2) is 49.7 Å². The monoisotopic (exact) mass is 492 g/mol. The summed E-state index contributed by atoms with van der Waals surface area (Å²) in [6, 6.07) is 29.4. The van der Waals surface area contributed by atoms with E-state index < -0.39 is 6.04 Å². The van der Waals surface area contributed by atoms with E-state index in [-0.39, 0.29) is 29.4 Å². The zero-order chi connectivity index (χ0) is 25.0. The maximum Gasteiger partial charge on any atom is 0.323 e. The molecule has 0 N–H and O–H groups in total. The molecule has 0 heterocycles. The van der Waals surface area contributed by atoms with Crippen LogP contribution in [0.5, 0.6) is 0 Å². The van der Waals surface area contributed by atoms with E-state index in [1.54, 1.807) is 25.8 Å². The second-order valence-electron chi connectivity index (χ2n) is 8.24. The Balaban J connectivity index is 1.53. The van der Waals surface area contributed by atoms with Crippen molar-refractivity contribution < 1.29 is 19.1 Å².